The molecule has 2 fully saturated rings. The van der Waals surface area contributed by atoms with Crippen LogP contribution in [0.3, 0.4) is 0 Å². The van der Waals surface area contributed by atoms with Crippen molar-refractivity contribution >= 4 is 41.0 Å². The molecule has 0 saturated carbocycles. The van der Waals surface area contributed by atoms with Crippen LogP contribution in [0.15, 0.2) is 42.5 Å². The van der Waals surface area contributed by atoms with Gasteiger partial charge in [-0.1, -0.05) is 47.8 Å². The standard InChI is InChI=1S/C22H27Cl2N3S/c1-17-5-10-21(20(24)15-17)27-14-13-26(28-25-11-3-2-4-12-25)16-22(27)18-6-8-19(23)9-7-18/h5-10,15,22H,2-4,11-14,16H2,1H3. The van der Waals surface area contributed by atoms with Gasteiger partial charge in [-0.15, -0.1) is 0 Å². The summed E-state index contributed by atoms with van der Waals surface area (Å²) in [6.45, 7) is 7.42. The molecule has 0 aromatic heterocycles. The lowest BCUT2D eigenvalue weighted by molar-refractivity contribution is 0.326. The molecule has 4 rings (SSSR count). The summed E-state index contributed by atoms with van der Waals surface area (Å²) < 4.78 is 5.04. The predicted molar refractivity (Wildman–Crippen MR) is 122 cm³/mol. The fraction of sp³-hybridized carbons (Fsp3) is 0.455. The highest BCUT2D eigenvalue weighted by molar-refractivity contribution is 7.94. The van der Waals surface area contributed by atoms with Crippen molar-refractivity contribution in [3.05, 3.63) is 63.6 Å². The van der Waals surface area contributed by atoms with Gasteiger partial charge in [0.1, 0.15) is 0 Å². The van der Waals surface area contributed by atoms with Crippen LogP contribution in [0.2, 0.25) is 10.0 Å². The van der Waals surface area contributed by atoms with Gasteiger partial charge in [-0.25, -0.2) is 8.61 Å². The van der Waals surface area contributed by atoms with E-state index in [2.05, 4.69) is 50.8 Å². The van der Waals surface area contributed by atoms with Crippen LogP contribution in [0.25, 0.3) is 0 Å². The zero-order valence-corrected chi connectivity index (χ0v) is 18.6. The minimum absolute atomic E-state index is 0.253. The number of aryl methyl sites for hydroxylation is 1. The average Bonchev–Trinajstić information content (AvgIpc) is 2.70. The van der Waals surface area contributed by atoms with Crippen LogP contribution in [-0.4, -0.2) is 41.3 Å². The minimum atomic E-state index is 0.253. The maximum Gasteiger partial charge on any atom is 0.0680 e. The maximum atomic E-state index is 6.64. The van der Waals surface area contributed by atoms with Gasteiger partial charge in [0, 0.05) is 49.9 Å². The predicted octanol–water partition coefficient (Wildman–Crippen LogP) is 6.21. The Labute approximate surface area is 182 Å². The van der Waals surface area contributed by atoms with Crippen molar-refractivity contribution in [2.45, 2.75) is 32.2 Å². The first-order valence-electron chi connectivity index (χ1n) is 10.1. The molecule has 0 bridgehead atoms. The van der Waals surface area contributed by atoms with Gasteiger partial charge in [-0.2, -0.15) is 0 Å². The van der Waals surface area contributed by atoms with Crippen LogP contribution in [0.1, 0.15) is 36.4 Å². The topological polar surface area (TPSA) is 9.72 Å². The number of piperidine rings is 1. The van der Waals surface area contributed by atoms with Crippen LogP contribution in [0.4, 0.5) is 5.69 Å². The number of benzene rings is 2. The average molecular weight is 436 g/mol. The molecule has 2 aromatic carbocycles. The van der Waals surface area contributed by atoms with Gasteiger partial charge in [0.25, 0.3) is 0 Å². The van der Waals surface area contributed by atoms with Crippen molar-refractivity contribution in [1.82, 2.24) is 8.61 Å². The third-order valence-electron chi connectivity index (χ3n) is 5.56. The van der Waals surface area contributed by atoms with Crippen LogP contribution >= 0.6 is 35.3 Å². The first-order chi connectivity index (χ1) is 13.6. The Hall–Kier alpha value is -0.910. The number of nitrogens with zero attached hydrogens (tertiary/aromatic N) is 3. The van der Waals surface area contributed by atoms with Crippen molar-refractivity contribution in [2.75, 3.05) is 37.6 Å². The summed E-state index contributed by atoms with van der Waals surface area (Å²) in [5, 5.41) is 1.61. The van der Waals surface area contributed by atoms with Gasteiger partial charge in [-0.3, -0.25) is 0 Å². The molecule has 150 valence electrons. The maximum absolute atomic E-state index is 6.64. The van der Waals surface area contributed by atoms with Crippen LogP contribution < -0.4 is 4.90 Å². The van der Waals surface area contributed by atoms with E-state index in [9.17, 15) is 0 Å². The molecular formula is C22H27Cl2N3S. The summed E-state index contributed by atoms with van der Waals surface area (Å²) in [5.74, 6) is 0. The Morgan fingerprint density at radius 1 is 0.857 bits per heavy atom. The van der Waals surface area contributed by atoms with E-state index in [1.165, 1.54) is 43.5 Å². The van der Waals surface area contributed by atoms with E-state index < -0.39 is 0 Å². The van der Waals surface area contributed by atoms with Gasteiger partial charge in [-0.05, 0) is 55.2 Å². The highest BCUT2D eigenvalue weighted by atomic mass is 35.5. The summed E-state index contributed by atoms with van der Waals surface area (Å²) in [6, 6.07) is 14.9. The smallest absolute Gasteiger partial charge is 0.0680 e. The lowest BCUT2D eigenvalue weighted by Crippen LogP contribution is -2.47. The van der Waals surface area contributed by atoms with Gasteiger partial charge in [0.2, 0.25) is 0 Å². The van der Waals surface area contributed by atoms with E-state index in [1.807, 2.05) is 24.3 Å². The normalized spacial score (nSPS) is 21.8. The van der Waals surface area contributed by atoms with Crippen molar-refractivity contribution in [2.24, 2.45) is 0 Å². The molecule has 6 heteroatoms. The minimum Gasteiger partial charge on any atom is -0.361 e. The van der Waals surface area contributed by atoms with Crippen molar-refractivity contribution < 1.29 is 0 Å². The zero-order valence-electron chi connectivity index (χ0n) is 16.3. The molecule has 2 aliphatic heterocycles. The summed E-state index contributed by atoms with van der Waals surface area (Å²) in [6.07, 6.45) is 3.99. The molecule has 0 N–H and O–H groups in total. The first-order valence-corrected chi connectivity index (χ1v) is 11.5. The Kier molecular flexibility index (Phi) is 6.74. The van der Waals surface area contributed by atoms with Crippen LogP contribution in [-0.2, 0) is 0 Å². The summed E-state index contributed by atoms with van der Waals surface area (Å²) >= 11 is 14.7. The number of hydrogen-bond donors (Lipinski definition) is 0. The highest BCUT2D eigenvalue weighted by Crippen LogP contribution is 2.38. The number of halogens is 2. The molecule has 1 unspecified atom stereocenters. The molecule has 2 aromatic rings. The molecule has 2 saturated heterocycles. The van der Waals surface area contributed by atoms with Gasteiger partial charge < -0.3 is 4.90 Å². The number of anilines is 1. The second-order valence-electron chi connectivity index (χ2n) is 7.67. The third kappa shape index (κ3) is 4.80. The Morgan fingerprint density at radius 2 is 1.61 bits per heavy atom. The number of hydrogen-bond acceptors (Lipinski definition) is 4. The largest absolute Gasteiger partial charge is 0.361 e. The van der Waals surface area contributed by atoms with Gasteiger partial charge >= 0.3 is 0 Å². The Bertz CT molecular complexity index is 793. The van der Waals surface area contributed by atoms with Crippen molar-refractivity contribution in [1.29, 1.82) is 0 Å². The highest BCUT2D eigenvalue weighted by Gasteiger charge is 2.31. The second-order valence-corrected chi connectivity index (χ2v) is 9.71. The molecule has 3 nitrogen and oxygen atoms in total. The molecule has 0 amide bonds. The summed E-state index contributed by atoms with van der Waals surface area (Å²) in [5.41, 5.74) is 3.59. The number of rotatable bonds is 4. The fourth-order valence-electron chi connectivity index (χ4n) is 4.05. The molecule has 0 spiro atoms. The second kappa shape index (κ2) is 9.27. The molecule has 0 radical (unpaired) electrons. The molecule has 0 aliphatic carbocycles. The lowest BCUT2D eigenvalue weighted by atomic mass is 10.0. The third-order valence-corrected chi connectivity index (χ3v) is 7.27. The molecular weight excluding hydrogens is 409 g/mol. The Morgan fingerprint density at radius 3 is 2.32 bits per heavy atom. The van der Waals surface area contributed by atoms with E-state index in [1.54, 1.807) is 0 Å². The van der Waals surface area contributed by atoms with E-state index in [0.29, 0.717) is 0 Å². The monoisotopic (exact) mass is 435 g/mol. The number of piperazine rings is 1. The molecule has 2 heterocycles. The molecule has 28 heavy (non-hydrogen) atoms. The quantitative estimate of drug-likeness (QED) is 0.527. The van der Waals surface area contributed by atoms with Crippen LogP contribution in [0.5, 0.6) is 0 Å². The van der Waals surface area contributed by atoms with E-state index in [4.69, 9.17) is 23.2 Å². The van der Waals surface area contributed by atoms with E-state index in [-0.39, 0.29) is 6.04 Å². The lowest BCUT2D eigenvalue weighted by Gasteiger charge is -2.44. The fourth-order valence-corrected chi connectivity index (χ4v) is 5.63. The zero-order chi connectivity index (χ0) is 19.5. The van der Waals surface area contributed by atoms with E-state index in [0.717, 1.165) is 35.4 Å². The van der Waals surface area contributed by atoms with Crippen molar-refractivity contribution in [3.63, 3.8) is 0 Å². The van der Waals surface area contributed by atoms with Gasteiger partial charge in [0.05, 0.1) is 16.8 Å². The van der Waals surface area contributed by atoms with E-state index >= 15 is 0 Å². The molecule has 2 aliphatic rings. The Balaban J connectivity index is 1.58. The van der Waals surface area contributed by atoms with Crippen LogP contribution in [0, 0.1) is 6.92 Å². The first kappa shape index (κ1) is 20.4. The van der Waals surface area contributed by atoms with Crippen molar-refractivity contribution in [3.8, 4) is 0 Å². The summed E-state index contributed by atoms with van der Waals surface area (Å²) in [7, 11) is 0. The summed E-state index contributed by atoms with van der Waals surface area (Å²) in [4.78, 5) is 2.46. The SMILES string of the molecule is Cc1ccc(N2CCN(SN3CCCCC3)CC2c2ccc(Cl)cc2)c(Cl)c1. The van der Waals surface area contributed by atoms with Gasteiger partial charge in [0.15, 0.2) is 0 Å². The molecule has 1 atom stereocenters.